The van der Waals surface area contributed by atoms with Gasteiger partial charge < -0.3 is 19.8 Å². The highest BCUT2D eigenvalue weighted by Crippen LogP contribution is 2.68. The molecule has 3 amide bonds. The standard InChI is InChI=1S/C34H27ClFN3O6S2/c1-44-23-12-15(2-11-22(23)45-14-24(40)37-18-7-3-16(35)4-8-18)25-26-20-13-21(29(26)46-31-30(25)47-34(43)38-31)28-27(20)32(41)39(33(28)42)19-9-5-17(36)6-10-19/h2-12,20-21,25-29H,13-14H2,1H3,(H,37,40)(H,38,43)/t20?,21?,25-,26?,27?,28?,29?/m1/s1. The summed E-state index contributed by atoms with van der Waals surface area (Å²) in [5.41, 5.74) is 1.86. The van der Waals surface area contributed by atoms with E-state index in [1.165, 1.54) is 47.6 Å². The Morgan fingerprint density at radius 1 is 1.00 bits per heavy atom. The van der Waals surface area contributed by atoms with E-state index in [1.54, 1.807) is 42.1 Å². The van der Waals surface area contributed by atoms with Crippen LogP contribution in [0.5, 0.6) is 11.5 Å². The zero-order chi connectivity index (χ0) is 32.6. The van der Waals surface area contributed by atoms with Crippen molar-refractivity contribution in [1.29, 1.82) is 0 Å². The van der Waals surface area contributed by atoms with E-state index >= 15 is 0 Å². The second kappa shape index (κ2) is 11.5. The number of fused-ring (bicyclic) bond motifs is 9. The maximum atomic E-state index is 13.9. The van der Waals surface area contributed by atoms with E-state index in [-0.39, 0.29) is 58.1 Å². The minimum atomic E-state index is -0.484. The second-order valence-corrected chi connectivity index (χ2v) is 14.8. The Kier molecular flexibility index (Phi) is 7.42. The van der Waals surface area contributed by atoms with Crippen LogP contribution in [0.1, 0.15) is 22.8 Å². The van der Waals surface area contributed by atoms with Gasteiger partial charge in [0.25, 0.3) is 5.91 Å². The van der Waals surface area contributed by atoms with Crippen molar-refractivity contribution in [3.8, 4) is 11.5 Å². The number of thioether (sulfide) groups is 1. The van der Waals surface area contributed by atoms with Gasteiger partial charge in [0.05, 0.1) is 29.7 Å². The van der Waals surface area contributed by atoms with Gasteiger partial charge in [-0.1, -0.05) is 29.0 Å². The SMILES string of the molecule is COc1cc([C@H]2c3sc(=O)[nH]c3SC3C4CC(C5C(=O)N(c6ccc(F)cc6)C(=O)C45)C32)ccc1OCC(=O)Nc1ccc(Cl)cc1. The predicted octanol–water partition coefficient (Wildman–Crippen LogP) is 5.93. The number of methoxy groups -OCH3 is 1. The first-order chi connectivity index (χ1) is 22.7. The fourth-order valence-electron chi connectivity index (χ4n) is 8.11. The molecular formula is C34H27ClFN3O6S2. The first-order valence-electron chi connectivity index (χ1n) is 15.1. The van der Waals surface area contributed by atoms with Crippen LogP contribution >= 0.6 is 34.7 Å². The topological polar surface area (TPSA) is 118 Å². The van der Waals surface area contributed by atoms with Crippen molar-refractivity contribution in [1.82, 2.24) is 4.98 Å². The van der Waals surface area contributed by atoms with Gasteiger partial charge in [-0.15, -0.1) is 11.8 Å². The molecule has 0 spiro atoms. The number of H-pyrrole nitrogens is 1. The summed E-state index contributed by atoms with van der Waals surface area (Å²) in [6.07, 6.45) is 0.739. The van der Waals surface area contributed by atoms with Crippen molar-refractivity contribution in [2.75, 3.05) is 23.9 Å². The molecule has 2 saturated carbocycles. The molecule has 2 aliphatic heterocycles. The molecule has 2 bridgehead atoms. The van der Waals surface area contributed by atoms with Crippen LogP contribution in [0.4, 0.5) is 15.8 Å². The molecule has 1 saturated heterocycles. The lowest BCUT2D eigenvalue weighted by Crippen LogP contribution is -2.42. The van der Waals surface area contributed by atoms with Crippen LogP contribution in [-0.2, 0) is 14.4 Å². The van der Waals surface area contributed by atoms with Crippen molar-refractivity contribution in [2.45, 2.75) is 22.6 Å². The predicted molar refractivity (Wildman–Crippen MR) is 176 cm³/mol. The Bertz CT molecular complexity index is 1980. The summed E-state index contributed by atoms with van der Waals surface area (Å²) in [6.45, 7) is -0.250. The number of aromatic amines is 1. The number of carbonyl (C=O) groups excluding carboxylic acids is 3. The second-order valence-electron chi connectivity index (χ2n) is 12.2. The Balaban J connectivity index is 1.09. The molecule has 13 heteroatoms. The van der Waals surface area contributed by atoms with Crippen LogP contribution in [0, 0.1) is 35.4 Å². The molecule has 0 radical (unpaired) electrons. The normalized spacial score (nSPS) is 27.0. The van der Waals surface area contributed by atoms with Gasteiger partial charge in [0.15, 0.2) is 18.1 Å². The molecule has 2 N–H and O–H groups in total. The van der Waals surface area contributed by atoms with Crippen molar-refractivity contribution in [2.24, 2.45) is 29.6 Å². The van der Waals surface area contributed by atoms with Gasteiger partial charge in [-0.2, -0.15) is 0 Å². The van der Waals surface area contributed by atoms with Crippen LogP contribution in [-0.4, -0.2) is 41.7 Å². The number of aromatic nitrogens is 1. The van der Waals surface area contributed by atoms with Gasteiger partial charge >= 0.3 is 4.87 Å². The van der Waals surface area contributed by atoms with E-state index in [0.717, 1.165) is 21.9 Å². The minimum absolute atomic E-state index is 0.00685. The molecule has 240 valence electrons. The number of thiazole rings is 1. The molecule has 7 atom stereocenters. The van der Waals surface area contributed by atoms with Gasteiger partial charge in [0.1, 0.15) is 5.82 Å². The van der Waals surface area contributed by atoms with Crippen LogP contribution in [0.15, 0.2) is 76.6 Å². The van der Waals surface area contributed by atoms with Gasteiger partial charge in [-0.25, -0.2) is 4.39 Å². The number of imide groups is 1. The number of halogens is 2. The van der Waals surface area contributed by atoms with E-state index in [4.69, 9.17) is 21.1 Å². The Labute approximate surface area is 281 Å². The number of hydrogen-bond acceptors (Lipinski definition) is 8. The molecule has 2 aliphatic carbocycles. The third kappa shape index (κ3) is 4.96. The van der Waals surface area contributed by atoms with Crippen molar-refractivity contribution in [3.63, 3.8) is 0 Å². The van der Waals surface area contributed by atoms with Gasteiger partial charge in [-0.05, 0) is 90.4 Å². The maximum Gasteiger partial charge on any atom is 0.305 e. The number of nitrogens with zero attached hydrogens (tertiary/aromatic N) is 1. The highest BCUT2D eigenvalue weighted by atomic mass is 35.5. The van der Waals surface area contributed by atoms with Crippen LogP contribution in [0.25, 0.3) is 0 Å². The number of benzene rings is 3. The smallest absolute Gasteiger partial charge is 0.305 e. The molecule has 9 nitrogen and oxygen atoms in total. The highest BCUT2D eigenvalue weighted by molar-refractivity contribution is 8.00. The molecule has 4 aliphatic rings. The number of ether oxygens (including phenoxy) is 2. The van der Waals surface area contributed by atoms with E-state index < -0.39 is 17.7 Å². The molecule has 3 heterocycles. The third-order valence-electron chi connectivity index (χ3n) is 9.84. The summed E-state index contributed by atoms with van der Waals surface area (Å²) in [4.78, 5) is 57.9. The average Bonchev–Trinajstić information content (AvgIpc) is 3.80. The summed E-state index contributed by atoms with van der Waals surface area (Å²) >= 11 is 8.70. The third-order valence-corrected chi connectivity index (χ3v) is 12.7. The molecular weight excluding hydrogens is 665 g/mol. The Morgan fingerprint density at radius 3 is 2.45 bits per heavy atom. The molecule has 8 rings (SSSR count). The summed E-state index contributed by atoms with van der Waals surface area (Å²) in [7, 11) is 1.52. The van der Waals surface area contributed by atoms with E-state index in [2.05, 4.69) is 10.3 Å². The number of amides is 3. The van der Waals surface area contributed by atoms with Gasteiger partial charge in [0.2, 0.25) is 11.8 Å². The lowest BCUT2D eigenvalue weighted by molar-refractivity contribution is -0.123. The largest absolute Gasteiger partial charge is 0.493 e. The lowest BCUT2D eigenvalue weighted by Gasteiger charge is -2.43. The van der Waals surface area contributed by atoms with E-state index in [9.17, 15) is 23.6 Å². The highest BCUT2D eigenvalue weighted by Gasteiger charge is 2.69. The number of anilines is 2. The number of nitrogens with one attached hydrogen (secondary N) is 2. The molecule has 1 aromatic heterocycles. The first-order valence-corrected chi connectivity index (χ1v) is 17.2. The van der Waals surface area contributed by atoms with Crippen LogP contribution in [0.3, 0.4) is 0 Å². The van der Waals surface area contributed by atoms with Crippen molar-refractivity contribution < 1.29 is 28.2 Å². The quantitative estimate of drug-likeness (QED) is 0.231. The monoisotopic (exact) mass is 691 g/mol. The van der Waals surface area contributed by atoms with Crippen molar-refractivity contribution in [3.05, 3.63) is 97.7 Å². The van der Waals surface area contributed by atoms with Crippen LogP contribution in [0.2, 0.25) is 5.02 Å². The number of carbonyl (C=O) groups is 3. The molecule has 6 unspecified atom stereocenters. The molecule has 4 aromatic rings. The lowest BCUT2D eigenvalue weighted by atomic mass is 9.68. The summed E-state index contributed by atoms with van der Waals surface area (Å²) in [6, 6.07) is 17.7. The van der Waals surface area contributed by atoms with Crippen molar-refractivity contribution >= 4 is 63.8 Å². The van der Waals surface area contributed by atoms with E-state index in [1.807, 2.05) is 12.1 Å². The summed E-state index contributed by atoms with van der Waals surface area (Å²) < 4.78 is 25.2. The molecule has 47 heavy (non-hydrogen) atoms. The summed E-state index contributed by atoms with van der Waals surface area (Å²) in [5, 5.41) is 4.13. The molecule has 3 aromatic carbocycles. The average molecular weight is 692 g/mol. The van der Waals surface area contributed by atoms with Crippen LogP contribution < -0.4 is 24.6 Å². The maximum absolute atomic E-state index is 13.9. The zero-order valence-electron chi connectivity index (χ0n) is 24.8. The zero-order valence-corrected chi connectivity index (χ0v) is 27.2. The number of hydrogen-bond donors (Lipinski definition) is 2. The van der Waals surface area contributed by atoms with Gasteiger partial charge in [0, 0.05) is 26.8 Å². The summed E-state index contributed by atoms with van der Waals surface area (Å²) in [5.74, 6) is -1.78. The fraction of sp³-hybridized carbons (Fsp3) is 0.294. The van der Waals surface area contributed by atoms with Gasteiger partial charge in [-0.3, -0.25) is 24.1 Å². The minimum Gasteiger partial charge on any atom is -0.493 e. The Hall–Kier alpha value is -4.13. The first kappa shape index (κ1) is 30.2. The molecule has 3 fully saturated rings. The Morgan fingerprint density at radius 2 is 1.72 bits per heavy atom. The number of rotatable bonds is 7. The van der Waals surface area contributed by atoms with E-state index in [0.29, 0.717) is 27.9 Å². The fourth-order valence-corrected chi connectivity index (χ4v) is 11.1.